The molecule has 0 atom stereocenters. The van der Waals surface area contributed by atoms with Crippen LogP contribution in [0, 0.1) is 0 Å². The van der Waals surface area contributed by atoms with Crippen LogP contribution in [0.2, 0.25) is 0 Å². The number of nitrogens with one attached hydrogen (secondary N) is 1. The summed E-state index contributed by atoms with van der Waals surface area (Å²) < 4.78 is 15.9. The van der Waals surface area contributed by atoms with Gasteiger partial charge in [-0.05, 0) is 49.2 Å². The first-order valence-electron chi connectivity index (χ1n) is 8.97. The molecule has 0 aliphatic heterocycles. The Bertz CT molecular complexity index is 742. The number of amides is 1. The maximum atomic E-state index is 12.0. The molecule has 6 heteroatoms. The van der Waals surface area contributed by atoms with Gasteiger partial charge >= 0.3 is 5.97 Å². The van der Waals surface area contributed by atoms with E-state index in [2.05, 4.69) is 5.32 Å². The highest BCUT2D eigenvalue weighted by Crippen LogP contribution is 2.25. The topological polar surface area (TPSA) is 73.9 Å². The standard InChI is InChI=1S/C21H25NO5/c1-3-14-27-21(24)16-10-12-17(13-11-16)22-20(23)9-6-15-26-19-8-5-4-7-18(19)25-2/h4-5,7-8,10-13H,3,6,9,14-15H2,1-2H3,(H,22,23). The van der Waals surface area contributed by atoms with E-state index in [1.165, 1.54) is 0 Å². The van der Waals surface area contributed by atoms with E-state index >= 15 is 0 Å². The number of anilines is 1. The normalized spacial score (nSPS) is 10.1. The van der Waals surface area contributed by atoms with Crippen molar-refractivity contribution in [2.24, 2.45) is 0 Å². The molecule has 0 bridgehead atoms. The van der Waals surface area contributed by atoms with Crippen molar-refractivity contribution in [3.63, 3.8) is 0 Å². The van der Waals surface area contributed by atoms with Gasteiger partial charge in [-0.15, -0.1) is 0 Å². The molecule has 6 nitrogen and oxygen atoms in total. The lowest BCUT2D eigenvalue weighted by Crippen LogP contribution is -2.13. The number of methoxy groups -OCH3 is 1. The first-order chi connectivity index (χ1) is 13.1. The summed E-state index contributed by atoms with van der Waals surface area (Å²) in [6.45, 7) is 2.75. The van der Waals surface area contributed by atoms with Crippen LogP contribution in [0.5, 0.6) is 11.5 Å². The quantitative estimate of drug-likeness (QED) is 0.504. The fourth-order valence-corrected chi connectivity index (χ4v) is 2.34. The molecule has 0 saturated carbocycles. The van der Waals surface area contributed by atoms with Gasteiger partial charge in [0, 0.05) is 12.1 Å². The number of benzene rings is 2. The van der Waals surface area contributed by atoms with E-state index < -0.39 is 0 Å². The molecule has 0 saturated heterocycles. The maximum absolute atomic E-state index is 12.0. The van der Waals surface area contributed by atoms with Crippen molar-refractivity contribution in [3.8, 4) is 11.5 Å². The molecule has 0 aliphatic rings. The van der Waals surface area contributed by atoms with Crippen LogP contribution >= 0.6 is 0 Å². The molecule has 0 fully saturated rings. The lowest BCUT2D eigenvalue weighted by molar-refractivity contribution is -0.116. The lowest BCUT2D eigenvalue weighted by Gasteiger charge is -2.10. The van der Waals surface area contributed by atoms with Gasteiger partial charge in [-0.25, -0.2) is 4.79 Å². The predicted molar refractivity (Wildman–Crippen MR) is 103 cm³/mol. The number of esters is 1. The van der Waals surface area contributed by atoms with Gasteiger partial charge in [0.15, 0.2) is 11.5 Å². The molecule has 0 unspecified atom stereocenters. The van der Waals surface area contributed by atoms with Crippen LogP contribution in [0.15, 0.2) is 48.5 Å². The summed E-state index contributed by atoms with van der Waals surface area (Å²) in [6.07, 6.45) is 1.68. The minimum Gasteiger partial charge on any atom is -0.493 e. The van der Waals surface area contributed by atoms with E-state index in [1.54, 1.807) is 31.4 Å². The van der Waals surface area contributed by atoms with Crippen LogP contribution < -0.4 is 14.8 Å². The van der Waals surface area contributed by atoms with Crippen molar-refractivity contribution in [1.29, 1.82) is 0 Å². The van der Waals surface area contributed by atoms with Gasteiger partial charge in [-0.2, -0.15) is 0 Å². The molecule has 144 valence electrons. The maximum Gasteiger partial charge on any atom is 0.338 e. The van der Waals surface area contributed by atoms with Gasteiger partial charge in [0.25, 0.3) is 0 Å². The van der Waals surface area contributed by atoms with Crippen molar-refractivity contribution in [2.75, 3.05) is 25.6 Å². The number of ether oxygens (including phenoxy) is 3. The highest BCUT2D eigenvalue weighted by Gasteiger charge is 2.08. The van der Waals surface area contributed by atoms with E-state index in [1.807, 2.05) is 31.2 Å². The summed E-state index contributed by atoms with van der Waals surface area (Å²) in [6, 6.07) is 14.0. The number of carbonyl (C=O) groups excluding carboxylic acids is 2. The van der Waals surface area contributed by atoms with Gasteiger partial charge in [0.05, 0.1) is 25.9 Å². The van der Waals surface area contributed by atoms with Gasteiger partial charge in [-0.3, -0.25) is 4.79 Å². The molecule has 1 amide bonds. The summed E-state index contributed by atoms with van der Waals surface area (Å²) in [5.41, 5.74) is 1.10. The van der Waals surface area contributed by atoms with Gasteiger partial charge in [0.2, 0.25) is 5.91 Å². The Morgan fingerprint density at radius 1 is 0.963 bits per heavy atom. The Morgan fingerprint density at radius 3 is 2.33 bits per heavy atom. The fourth-order valence-electron chi connectivity index (χ4n) is 2.34. The number of hydrogen-bond donors (Lipinski definition) is 1. The Labute approximate surface area is 159 Å². The number of carbonyl (C=O) groups is 2. The Balaban J connectivity index is 1.73. The van der Waals surface area contributed by atoms with Crippen LogP contribution in [-0.2, 0) is 9.53 Å². The molecule has 2 aromatic rings. The van der Waals surface area contributed by atoms with E-state index in [0.717, 1.165) is 6.42 Å². The van der Waals surface area contributed by atoms with Crippen molar-refractivity contribution in [2.45, 2.75) is 26.2 Å². The molecule has 27 heavy (non-hydrogen) atoms. The average molecular weight is 371 g/mol. The minimum absolute atomic E-state index is 0.111. The third-order valence-corrected chi connectivity index (χ3v) is 3.72. The second-order valence-electron chi connectivity index (χ2n) is 5.86. The van der Waals surface area contributed by atoms with Crippen LogP contribution in [-0.4, -0.2) is 32.2 Å². The third kappa shape index (κ3) is 6.66. The number of rotatable bonds is 10. The van der Waals surface area contributed by atoms with Crippen molar-refractivity contribution >= 4 is 17.6 Å². The molecule has 2 aromatic carbocycles. The molecular formula is C21H25NO5. The number of para-hydroxylation sites is 2. The SMILES string of the molecule is CCCOC(=O)c1ccc(NC(=O)CCCOc2ccccc2OC)cc1. The van der Waals surface area contributed by atoms with Crippen LogP contribution in [0.25, 0.3) is 0 Å². The Kier molecular flexibility index (Phi) is 8.16. The third-order valence-electron chi connectivity index (χ3n) is 3.72. The second kappa shape index (κ2) is 10.9. The summed E-state index contributed by atoms with van der Waals surface area (Å²) in [5.74, 6) is 0.855. The van der Waals surface area contributed by atoms with Crippen molar-refractivity contribution in [3.05, 3.63) is 54.1 Å². The molecule has 0 aliphatic carbocycles. The van der Waals surface area contributed by atoms with Gasteiger partial charge in [-0.1, -0.05) is 19.1 Å². The molecular weight excluding hydrogens is 346 g/mol. The average Bonchev–Trinajstić information content (AvgIpc) is 2.70. The van der Waals surface area contributed by atoms with Crippen molar-refractivity contribution < 1.29 is 23.8 Å². The highest BCUT2D eigenvalue weighted by atomic mass is 16.5. The van der Waals surface area contributed by atoms with Gasteiger partial charge < -0.3 is 19.5 Å². The fraction of sp³-hybridized carbons (Fsp3) is 0.333. The van der Waals surface area contributed by atoms with Crippen LogP contribution in [0.4, 0.5) is 5.69 Å². The zero-order valence-electron chi connectivity index (χ0n) is 15.7. The summed E-state index contributed by atoms with van der Waals surface area (Å²) in [7, 11) is 1.59. The Hall–Kier alpha value is -3.02. The van der Waals surface area contributed by atoms with E-state index in [4.69, 9.17) is 14.2 Å². The summed E-state index contributed by atoms with van der Waals surface area (Å²) >= 11 is 0. The van der Waals surface area contributed by atoms with Crippen molar-refractivity contribution in [1.82, 2.24) is 0 Å². The molecule has 0 radical (unpaired) electrons. The zero-order valence-corrected chi connectivity index (χ0v) is 15.7. The second-order valence-corrected chi connectivity index (χ2v) is 5.86. The molecule has 0 aromatic heterocycles. The van der Waals surface area contributed by atoms with E-state index in [9.17, 15) is 9.59 Å². The Morgan fingerprint density at radius 2 is 1.67 bits per heavy atom. The molecule has 0 spiro atoms. The van der Waals surface area contributed by atoms with Gasteiger partial charge in [0.1, 0.15) is 0 Å². The smallest absolute Gasteiger partial charge is 0.338 e. The molecule has 2 rings (SSSR count). The minimum atomic E-state index is -0.358. The van der Waals surface area contributed by atoms with E-state index in [-0.39, 0.29) is 11.9 Å². The summed E-state index contributed by atoms with van der Waals surface area (Å²) in [4.78, 5) is 23.8. The molecule has 1 N–H and O–H groups in total. The lowest BCUT2D eigenvalue weighted by atomic mass is 10.2. The van der Waals surface area contributed by atoms with Crippen LogP contribution in [0.1, 0.15) is 36.5 Å². The zero-order chi connectivity index (χ0) is 19.5. The first kappa shape index (κ1) is 20.3. The van der Waals surface area contributed by atoms with Crippen LogP contribution in [0.3, 0.4) is 0 Å². The molecule has 0 heterocycles. The monoisotopic (exact) mass is 371 g/mol. The largest absolute Gasteiger partial charge is 0.493 e. The number of hydrogen-bond acceptors (Lipinski definition) is 5. The predicted octanol–water partition coefficient (Wildman–Crippen LogP) is 4.06. The first-order valence-corrected chi connectivity index (χ1v) is 8.97. The highest BCUT2D eigenvalue weighted by molar-refractivity contribution is 5.93. The summed E-state index contributed by atoms with van der Waals surface area (Å²) in [5, 5.41) is 2.80. The van der Waals surface area contributed by atoms with E-state index in [0.29, 0.717) is 48.8 Å².